The van der Waals surface area contributed by atoms with Gasteiger partial charge in [-0.05, 0) is 56.3 Å². The fourth-order valence-corrected chi connectivity index (χ4v) is 3.79. The summed E-state index contributed by atoms with van der Waals surface area (Å²) in [7, 11) is 3.99. The molecule has 7 nitrogen and oxygen atoms in total. The van der Waals surface area contributed by atoms with Gasteiger partial charge in [0.2, 0.25) is 0 Å². The Morgan fingerprint density at radius 1 is 1.12 bits per heavy atom. The Labute approximate surface area is 210 Å². The van der Waals surface area contributed by atoms with Crippen LogP contribution in [0, 0.1) is 6.92 Å². The van der Waals surface area contributed by atoms with Crippen molar-refractivity contribution in [2.45, 2.75) is 20.4 Å². The highest BCUT2D eigenvalue weighted by atomic mass is 127. The molecule has 0 radical (unpaired) electrons. The standard InChI is InChI=1S/C24H37N7.HI/c1-5-30(22-8-6-7-20(2)17-22)12-11-27-24(25-3)28-19-21-9-10-26-23(18-21)31-15-13-29(4)14-16-31;/h6-10,17-18H,5,11-16,19H2,1-4H3,(H2,25,27,28);1H. The second-order valence-corrected chi connectivity index (χ2v) is 8.08. The molecule has 2 heterocycles. The van der Waals surface area contributed by atoms with Crippen molar-refractivity contribution in [3.05, 3.63) is 53.7 Å². The summed E-state index contributed by atoms with van der Waals surface area (Å²) in [5.74, 6) is 1.88. The molecule has 0 bridgehead atoms. The van der Waals surface area contributed by atoms with Crippen LogP contribution in [0.1, 0.15) is 18.1 Å². The maximum Gasteiger partial charge on any atom is 0.191 e. The van der Waals surface area contributed by atoms with Crippen LogP contribution in [0.15, 0.2) is 47.6 Å². The molecule has 0 atom stereocenters. The van der Waals surface area contributed by atoms with Crippen molar-refractivity contribution in [2.24, 2.45) is 4.99 Å². The third-order valence-corrected chi connectivity index (χ3v) is 5.74. The van der Waals surface area contributed by atoms with Crippen LogP contribution < -0.4 is 20.4 Å². The van der Waals surface area contributed by atoms with E-state index < -0.39 is 0 Å². The van der Waals surface area contributed by atoms with E-state index in [2.05, 4.69) is 92.6 Å². The molecule has 1 aliphatic heterocycles. The number of hydrogen-bond donors (Lipinski definition) is 2. The van der Waals surface area contributed by atoms with Gasteiger partial charge in [-0.15, -0.1) is 24.0 Å². The minimum Gasteiger partial charge on any atom is -0.370 e. The van der Waals surface area contributed by atoms with E-state index in [0.717, 1.165) is 64.1 Å². The van der Waals surface area contributed by atoms with E-state index in [-0.39, 0.29) is 24.0 Å². The molecule has 32 heavy (non-hydrogen) atoms. The van der Waals surface area contributed by atoms with E-state index in [1.807, 2.05) is 13.2 Å². The first kappa shape index (κ1) is 26.2. The van der Waals surface area contributed by atoms with E-state index in [0.29, 0.717) is 0 Å². The van der Waals surface area contributed by atoms with Gasteiger partial charge in [0.15, 0.2) is 5.96 Å². The predicted molar refractivity (Wildman–Crippen MR) is 147 cm³/mol. The van der Waals surface area contributed by atoms with Gasteiger partial charge in [-0.2, -0.15) is 0 Å². The molecule has 1 saturated heterocycles. The van der Waals surface area contributed by atoms with Crippen LogP contribution in [-0.2, 0) is 6.54 Å². The average molecular weight is 552 g/mol. The van der Waals surface area contributed by atoms with Crippen molar-refractivity contribution in [3.63, 3.8) is 0 Å². The maximum atomic E-state index is 4.58. The number of halogens is 1. The lowest BCUT2D eigenvalue weighted by molar-refractivity contribution is 0.312. The molecule has 0 unspecified atom stereocenters. The average Bonchev–Trinajstić information content (AvgIpc) is 2.79. The summed E-state index contributed by atoms with van der Waals surface area (Å²) in [5.41, 5.74) is 3.76. The number of pyridine rings is 1. The first-order chi connectivity index (χ1) is 15.1. The number of aryl methyl sites for hydroxylation is 1. The molecular weight excluding hydrogens is 513 g/mol. The van der Waals surface area contributed by atoms with Crippen LogP contribution >= 0.6 is 24.0 Å². The van der Waals surface area contributed by atoms with Gasteiger partial charge in [0.1, 0.15) is 5.82 Å². The van der Waals surface area contributed by atoms with Crippen LogP contribution in [0.4, 0.5) is 11.5 Å². The van der Waals surface area contributed by atoms with Gasteiger partial charge in [-0.1, -0.05) is 12.1 Å². The number of guanidine groups is 1. The highest BCUT2D eigenvalue weighted by Crippen LogP contribution is 2.16. The van der Waals surface area contributed by atoms with Gasteiger partial charge in [0.05, 0.1) is 0 Å². The molecule has 8 heteroatoms. The van der Waals surface area contributed by atoms with Crippen molar-refractivity contribution in [2.75, 3.05) is 69.7 Å². The summed E-state index contributed by atoms with van der Waals surface area (Å²) in [5, 5.41) is 6.87. The van der Waals surface area contributed by atoms with E-state index in [1.165, 1.54) is 16.8 Å². The summed E-state index contributed by atoms with van der Waals surface area (Å²) in [6, 6.07) is 12.9. The lowest BCUT2D eigenvalue weighted by atomic mass is 10.2. The first-order valence-corrected chi connectivity index (χ1v) is 11.2. The van der Waals surface area contributed by atoms with Gasteiger partial charge in [-0.25, -0.2) is 4.98 Å². The fourth-order valence-electron chi connectivity index (χ4n) is 3.79. The van der Waals surface area contributed by atoms with Crippen LogP contribution in [0.2, 0.25) is 0 Å². The zero-order chi connectivity index (χ0) is 22.1. The van der Waals surface area contributed by atoms with E-state index >= 15 is 0 Å². The van der Waals surface area contributed by atoms with Gasteiger partial charge >= 0.3 is 0 Å². The van der Waals surface area contributed by atoms with Crippen LogP contribution in [0.3, 0.4) is 0 Å². The lowest BCUT2D eigenvalue weighted by Crippen LogP contribution is -2.44. The van der Waals surface area contributed by atoms with Crippen LogP contribution in [-0.4, -0.2) is 75.8 Å². The second-order valence-electron chi connectivity index (χ2n) is 8.08. The highest BCUT2D eigenvalue weighted by Gasteiger charge is 2.15. The molecule has 176 valence electrons. The van der Waals surface area contributed by atoms with Gasteiger partial charge in [-0.3, -0.25) is 4.99 Å². The number of likely N-dealkylation sites (N-methyl/N-ethyl adjacent to an activating group) is 2. The van der Waals surface area contributed by atoms with Gasteiger partial charge < -0.3 is 25.3 Å². The minimum atomic E-state index is 0. The number of nitrogens with zero attached hydrogens (tertiary/aromatic N) is 5. The zero-order valence-electron chi connectivity index (χ0n) is 19.8. The Hall–Kier alpha value is -2.07. The molecule has 1 aromatic carbocycles. The van der Waals surface area contributed by atoms with Crippen molar-refractivity contribution >= 4 is 41.4 Å². The molecular formula is C24H38IN7. The number of rotatable bonds is 8. The third kappa shape index (κ3) is 7.81. The quantitative estimate of drug-likeness (QED) is 0.299. The summed E-state index contributed by atoms with van der Waals surface area (Å²) in [4.78, 5) is 16.0. The molecule has 0 aliphatic carbocycles. The van der Waals surface area contributed by atoms with Crippen molar-refractivity contribution < 1.29 is 0 Å². The molecule has 2 aromatic rings. The Kier molecular flexibility index (Phi) is 11.0. The van der Waals surface area contributed by atoms with Crippen molar-refractivity contribution in [1.82, 2.24) is 20.5 Å². The first-order valence-electron chi connectivity index (χ1n) is 11.2. The molecule has 1 aliphatic rings. The molecule has 0 saturated carbocycles. The van der Waals surface area contributed by atoms with E-state index in [9.17, 15) is 0 Å². The van der Waals surface area contributed by atoms with Crippen LogP contribution in [0.25, 0.3) is 0 Å². The number of piperazine rings is 1. The molecule has 2 N–H and O–H groups in total. The topological polar surface area (TPSA) is 59.0 Å². The smallest absolute Gasteiger partial charge is 0.191 e. The Balaban J connectivity index is 0.00000363. The molecule has 3 rings (SSSR count). The monoisotopic (exact) mass is 551 g/mol. The Bertz CT molecular complexity index is 850. The zero-order valence-corrected chi connectivity index (χ0v) is 22.2. The van der Waals surface area contributed by atoms with Gasteiger partial charge in [0.25, 0.3) is 0 Å². The van der Waals surface area contributed by atoms with Crippen molar-refractivity contribution in [3.8, 4) is 0 Å². The third-order valence-electron chi connectivity index (χ3n) is 5.74. The lowest BCUT2D eigenvalue weighted by Gasteiger charge is -2.33. The number of aromatic nitrogens is 1. The number of benzene rings is 1. The summed E-state index contributed by atoms with van der Waals surface area (Å²) < 4.78 is 0. The summed E-state index contributed by atoms with van der Waals surface area (Å²) in [6.07, 6.45) is 1.90. The second kappa shape index (κ2) is 13.5. The highest BCUT2D eigenvalue weighted by molar-refractivity contribution is 14.0. The normalized spacial score (nSPS) is 14.6. The van der Waals surface area contributed by atoms with Gasteiger partial charge in [0, 0.05) is 71.3 Å². The minimum absolute atomic E-state index is 0. The van der Waals surface area contributed by atoms with E-state index in [1.54, 1.807) is 0 Å². The van der Waals surface area contributed by atoms with Crippen molar-refractivity contribution in [1.29, 1.82) is 0 Å². The molecule has 0 spiro atoms. The largest absolute Gasteiger partial charge is 0.370 e. The number of aliphatic imine (C=N–C) groups is 1. The summed E-state index contributed by atoms with van der Waals surface area (Å²) in [6.45, 7) is 12.0. The maximum absolute atomic E-state index is 4.58. The molecule has 1 fully saturated rings. The number of anilines is 2. The Morgan fingerprint density at radius 2 is 1.91 bits per heavy atom. The SMILES string of the molecule is CCN(CCNC(=NC)NCc1ccnc(N2CCN(C)CC2)c1)c1cccc(C)c1.I. The Morgan fingerprint density at radius 3 is 2.59 bits per heavy atom. The van der Waals surface area contributed by atoms with Crippen LogP contribution in [0.5, 0.6) is 0 Å². The summed E-state index contributed by atoms with van der Waals surface area (Å²) >= 11 is 0. The number of nitrogens with one attached hydrogen (secondary N) is 2. The van der Waals surface area contributed by atoms with E-state index in [4.69, 9.17) is 0 Å². The number of hydrogen-bond acceptors (Lipinski definition) is 5. The fraction of sp³-hybridized carbons (Fsp3) is 0.500. The molecule has 1 aromatic heterocycles. The predicted octanol–water partition coefficient (Wildman–Crippen LogP) is 2.95. The molecule has 0 amide bonds.